The van der Waals surface area contributed by atoms with Crippen molar-refractivity contribution in [2.45, 2.75) is 76.7 Å². The average Bonchev–Trinajstić information content (AvgIpc) is 2.94. The molecule has 3 aliphatic heterocycles. The van der Waals surface area contributed by atoms with Crippen molar-refractivity contribution in [3.63, 3.8) is 0 Å². The van der Waals surface area contributed by atoms with Crippen molar-refractivity contribution in [3.05, 3.63) is 12.2 Å². The second kappa shape index (κ2) is 6.32. The highest BCUT2D eigenvalue weighted by Gasteiger charge is 2.59. The molecule has 3 aliphatic rings. The van der Waals surface area contributed by atoms with Crippen LogP contribution in [0.1, 0.15) is 47.0 Å². The molecule has 0 aromatic carbocycles. The second-order valence-electron chi connectivity index (χ2n) is 8.50. The summed E-state index contributed by atoms with van der Waals surface area (Å²) in [6, 6.07) is 0. The Bertz CT molecular complexity index is 625. The molecule has 2 bridgehead atoms. The number of fused-ring (bicyclic) bond motifs is 3. The van der Waals surface area contributed by atoms with Crippen molar-refractivity contribution < 1.29 is 34.0 Å². The van der Waals surface area contributed by atoms with Gasteiger partial charge >= 0.3 is 11.9 Å². The number of carbonyl (C=O) groups is 2. The van der Waals surface area contributed by atoms with Gasteiger partial charge in [-0.25, -0.2) is 4.79 Å². The second-order valence-corrected chi connectivity index (χ2v) is 8.50. The molecule has 3 rings (SSSR count). The smallest absolute Gasteiger partial charge is 0.334 e. The Balaban J connectivity index is 2.02. The molecule has 0 aromatic heterocycles. The van der Waals surface area contributed by atoms with Gasteiger partial charge in [0.25, 0.3) is 0 Å². The lowest BCUT2D eigenvalue weighted by Gasteiger charge is -2.38. The Kier molecular flexibility index (Phi) is 4.70. The first-order chi connectivity index (χ1) is 11.9. The Morgan fingerprint density at radius 3 is 2.62 bits per heavy atom. The first-order valence-corrected chi connectivity index (χ1v) is 9.17. The number of carbonyl (C=O) groups excluding carboxylic acids is 2. The Morgan fingerprint density at radius 1 is 1.35 bits per heavy atom. The quantitative estimate of drug-likeness (QED) is 0.560. The van der Waals surface area contributed by atoms with Crippen molar-refractivity contribution >= 4 is 11.9 Å². The number of ether oxygens (including phenoxy) is 3. The van der Waals surface area contributed by atoms with Gasteiger partial charge in [0.2, 0.25) is 0 Å². The molecule has 7 heteroatoms. The largest absolute Gasteiger partial charge is 0.455 e. The molecule has 3 fully saturated rings. The lowest BCUT2D eigenvalue weighted by Crippen LogP contribution is -2.53. The number of rotatable bonds is 2. The molecule has 0 radical (unpaired) electrons. The van der Waals surface area contributed by atoms with Gasteiger partial charge < -0.3 is 24.4 Å². The standard InChI is InChI=1S/C19H28O7/c1-9(2)16(20)25-15-14-13(11(4)17(21)24-14)8-19(23)10(3)6-12(26-19)7-18(15,5)22/h9-10,12-15,22-23H,4,6-8H2,1-3,5H3/t10-,12-,13+,14+,15-,18+,19-/m1/s1. The molecule has 26 heavy (non-hydrogen) atoms. The van der Waals surface area contributed by atoms with Gasteiger partial charge in [-0.1, -0.05) is 27.4 Å². The molecule has 0 saturated carbocycles. The normalized spacial score (nSPS) is 45.6. The molecule has 0 spiro atoms. The first-order valence-electron chi connectivity index (χ1n) is 9.17. The van der Waals surface area contributed by atoms with E-state index in [4.69, 9.17) is 14.2 Å². The fraction of sp³-hybridized carbons (Fsp3) is 0.789. The molecule has 2 N–H and O–H groups in total. The third kappa shape index (κ3) is 3.17. The third-order valence-corrected chi connectivity index (χ3v) is 5.89. The summed E-state index contributed by atoms with van der Waals surface area (Å²) in [5.41, 5.74) is -1.29. The number of esters is 2. The maximum Gasteiger partial charge on any atom is 0.334 e. The van der Waals surface area contributed by atoms with Gasteiger partial charge in [0.1, 0.15) is 11.7 Å². The van der Waals surface area contributed by atoms with Gasteiger partial charge in [-0.05, 0) is 13.3 Å². The molecule has 7 atom stereocenters. The van der Waals surface area contributed by atoms with Crippen molar-refractivity contribution in [1.29, 1.82) is 0 Å². The number of hydrogen-bond donors (Lipinski definition) is 2. The third-order valence-electron chi connectivity index (χ3n) is 5.89. The Labute approximate surface area is 153 Å². The zero-order valence-corrected chi connectivity index (χ0v) is 15.7. The predicted molar refractivity (Wildman–Crippen MR) is 90.7 cm³/mol. The molecular weight excluding hydrogens is 340 g/mol. The highest BCUT2D eigenvalue weighted by Crippen LogP contribution is 2.48. The molecule has 3 saturated heterocycles. The molecule has 0 amide bonds. The van der Waals surface area contributed by atoms with Crippen molar-refractivity contribution in [1.82, 2.24) is 0 Å². The minimum atomic E-state index is -1.49. The lowest BCUT2D eigenvalue weighted by molar-refractivity contribution is -0.221. The van der Waals surface area contributed by atoms with Gasteiger partial charge in [0, 0.05) is 30.3 Å². The highest BCUT2D eigenvalue weighted by atomic mass is 16.6. The summed E-state index contributed by atoms with van der Waals surface area (Å²) in [6.07, 6.45) is -1.53. The van der Waals surface area contributed by atoms with Crippen LogP contribution in [0.5, 0.6) is 0 Å². The zero-order valence-electron chi connectivity index (χ0n) is 15.7. The van der Waals surface area contributed by atoms with E-state index in [1.165, 1.54) is 0 Å². The topological polar surface area (TPSA) is 102 Å². The van der Waals surface area contributed by atoms with Crippen LogP contribution in [-0.4, -0.2) is 51.9 Å². The van der Waals surface area contributed by atoms with Gasteiger partial charge in [-0.3, -0.25) is 4.79 Å². The van der Waals surface area contributed by atoms with E-state index in [0.717, 1.165) is 0 Å². The lowest BCUT2D eigenvalue weighted by atomic mass is 9.77. The molecule has 3 heterocycles. The van der Waals surface area contributed by atoms with Crippen molar-refractivity contribution in [2.75, 3.05) is 0 Å². The minimum Gasteiger partial charge on any atom is -0.455 e. The van der Waals surface area contributed by atoms with Gasteiger partial charge in [0.15, 0.2) is 11.9 Å². The van der Waals surface area contributed by atoms with E-state index < -0.39 is 47.4 Å². The van der Waals surface area contributed by atoms with Crippen LogP contribution in [0.15, 0.2) is 12.2 Å². The fourth-order valence-corrected chi connectivity index (χ4v) is 4.25. The first kappa shape index (κ1) is 19.3. The summed E-state index contributed by atoms with van der Waals surface area (Å²) in [6.45, 7) is 10.6. The van der Waals surface area contributed by atoms with Crippen LogP contribution in [0, 0.1) is 17.8 Å². The monoisotopic (exact) mass is 368 g/mol. The molecule has 7 nitrogen and oxygen atoms in total. The summed E-state index contributed by atoms with van der Waals surface area (Å²) < 4.78 is 16.9. The summed E-state index contributed by atoms with van der Waals surface area (Å²) >= 11 is 0. The van der Waals surface area contributed by atoms with Crippen LogP contribution in [-0.2, 0) is 23.8 Å². The van der Waals surface area contributed by atoms with Gasteiger partial charge in [-0.2, -0.15) is 0 Å². The molecule has 0 aromatic rings. The van der Waals surface area contributed by atoms with Crippen LogP contribution in [0.2, 0.25) is 0 Å². The maximum atomic E-state index is 12.2. The van der Waals surface area contributed by atoms with E-state index in [1.54, 1.807) is 20.8 Å². The van der Waals surface area contributed by atoms with E-state index in [2.05, 4.69) is 6.58 Å². The van der Waals surface area contributed by atoms with Gasteiger partial charge in [0.05, 0.1) is 12.0 Å². The number of hydrogen-bond acceptors (Lipinski definition) is 7. The summed E-state index contributed by atoms with van der Waals surface area (Å²) in [5, 5.41) is 22.1. The molecule has 0 aliphatic carbocycles. The number of aliphatic hydroxyl groups is 2. The van der Waals surface area contributed by atoms with Crippen molar-refractivity contribution in [3.8, 4) is 0 Å². The molecule has 0 unspecified atom stereocenters. The van der Waals surface area contributed by atoms with E-state index in [0.29, 0.717) is 6.42 Å². The Hall–Kier alpha value is -1.44. The SMILES string of the molecule is C=C1C(=O)O[C@@H]2[C@@H](OC(=O)C(C)C)[C@@](C)(O)C[C@H]3C[C@@H](C)[C@@](O)(C[C@@H]12)O3. The molecule has 146 valence electrons. The van der Waals surface area contributed by atoms with Crippen LogP contribution >= 0.6 is 0 Å². The van der Waals surface area contributed by atoms with Crippen LogP contribution in [0.25, 0.3) is 0 Å². The van der Waals surface area contributed by atoms with Crippen LogP contribution in [0.4, 0.5) is 0 Å². The van der Waals surface area contributed by atoms with E-state index in [9.17, 15) is 19.8 Å². The summed E-state index contributed by atoms with van der Waals surface area (Å²) in [5.74, 6) is -3.69. The average molecular weight is 368 g/mol. The Morgan fingerprint density at radius 2 is 2.00 bits per heavy atom. The van der Waals surface area contributed by atoms with Crippen LogP contribution < -0.4 is 0 Å². The summed E-state index contributed by atoms with van der Waals surface area (Å²) in [7, 11) is 0. The predicted octanol–water partition coefficient (Wildman–Crippen LogP) is 1.31. The fourth-order valence-electron chi connectivity index (χ4n) is 4.25. The van der Waals surface area contributed by atoms with E-state index >= 15 is 0 Å². The van der Waals surface area contributed by atoms with E-state index in [-0.39, 0.29) is 30.4 Å². The highest BCUT2D eigenvalue weighted by molar-refractivity contribution is 5.91. The molecular formula is C19H28O7. The maximum absolute atomic E-state index is 12.2. The summed E-state index contributed by atoms with van der Waals surface area (Å²) in [4.78, 5) is 24.4. The van der Waals surface area contributed by atoms with Crippen molar-refractivity contribution in [2.24, 2.45) is 17.8 Å². The minimum absolute atomic E-state index is 0.103. The van der Waals surface area contributed by atoms with E-state index in [1.807, 2.05) is 6.92 Å². The van der Waals surface area contributed by atoms with Crippen LogP contribution in [0.3, 0.4) is 0 Å². The zero-order chi connectivity index (χ0) is 19.4. The van der Waals surface area contributed by atoms with Gasteiger partial charge in [-0.15, -0.1) is 0 Å².